The van der Waals surface area contributed by atoms with E-state index < -0.39 is 0 Å². The number of hydrogen-bond donors (Lipinski definition) is 1. The van der Waals surface area contributed by atoms with Gasteiger partial charge in [-0.15, -0.1) is 0 Å². The van der Waals surface area contributed by atoms with Crippen molar-refractivity contribution in [2.75, 3.05) is 12.3 Å². The van der Waals surface area contributed by atoms with Crippen LogP contribution in [0.5, 0.6) is 0 Å². The van der Waals surface area contributed by atoms with E-state index in [1.165, 1.54) is 0 Å². The fourth-order valence-electron chi connectivity index (χ4n) is 1.98. The molecule has 1 aliphatic carbocycles. The molecular formula is C9H12N4O. The molecule has 0 bridgehead atoms. The first-order valence-corrected chi connectivity index (χ1v) is 4.89. The second-order valence-corrected chi connectivity index (χ2v) is 3.90. The summed E-state index contributed by atoms with van der Waals surface area (Å²) in [6.45, 7) is 1.55. The molecule has 2 aliphatic rings. The topological polar surface area (TPSA) is 64.1 Å². The van der Waals surface area contributed by atoms with Crippen LogP contribution >= 0.6 is 0 Å². The molecule has 1 fully saturated rings. The molecule has 0 spiro atoms. The SMILES string of the molecule is Nc1cnn2c1C(=O)N(C1CC1)CC2. The van der Waals surface area contributed by atoms with Crippen LogP contribution in [0, 0.1) is 0 Å². The van der Waals surface area contributed by atoms with Gasteiger partial charge in [0.05, 0.1) is 18.4 Å². The van der Waals surface area contributed by atoms with Crippen LogP contribution in [0.3, 0.4) is 0 Å². The molecule has 2 N–H and O–H groups in total. The zero-order valence-electron chi connectivity index (χ0n) is 7.81. The molecule has 0 saturated heterocycles. The molecule has 5 nitrogen and oxygen atoms in total. The predicted molar refractivity (Wildman–Crippen MR) is 50.7 cm³/mol. The van der Waals surface area contributed by atoms with E-state index >= 15 is 0 Å². The smallest absolute Gasteiger partial charge is 0.274 e. The van der Waals surface area contributed by atoms with Crippen LogP contribution in [-0.4, -0.2) is 33.2 Å². The van der Waals surface area contributed by atoms with Crippen molar-refractivity contribution in [1.82, 2.24) is 14.7 Å². The average molecular weight is 192 g/mol. The highest BCUT2D eigenvalue weighted by Gasteiger charge is 2.37. The van der Waals surface area contributed by atoms with E-state index in [-0.39, 0.29) is 5.91 Å². The monoisotopic (exact) mass is 192 g/mol. The van der Waals surface area contributed by atoms with Crippen LogP contribution in [0.4, 0.5) is 5.69 Å². The van der Waals surface area contributed by atoms with Crippen LogP contribution in [0.15, 0.2) is 6.20 Å². The number of hydrogen-bond acceptors (Lipinski definition) is 3. The van der Waals surface area contributed by atoms with Gasteiger partial charge in [0.1, 0.15) is 5.69 Å². The third kappa shape index (κ3) is 0.950. The van der Waals surface area contributed by atoms with E-state index in [0.29, 0.717) is 17.4 Å². The van der Waals surface area contributed by atoms with Gasteiger partial charge >= 0.3 is 0 Å². The molecule has 0 radical (unpaired) electrons. The number of nitrogen functional groups attached to an aromatic ring is 1. The van der Waals surface area contributed by atoms with Gasteiger partial charge in [0, 0.05) is 12.6 Å². The van der Waals surface area contributed by atoms with Crippen molar-refractivity contribution in [2.24, 2.45) is 0 Å². The number of nitrogens with zero attached hydrogens (tertiary/aromatic N) is 3. The molecule has 2 heterocycles. The van der Waals surface area contributed by atoms with Gasteiger partial charge in [-0.3, -0.25) is 9.48 Å². The average Bonchev–Trinajstić information content (AvgIpc) is 2.92. The van der Waals surface area contributed by atoms with Crippen molar-refractivity contribution in [3.8, 4) is 0 Å². The Balaban J connectivity index is 2.00. The summed E-state index contributed by atoms with van der Waals surface area (Å²) >= 11 is 0. The molecule has 14 heavy (non-hydrogen) atoms. The fraction of sp³-hybridized carbons (Fsp3) is 0.556. The van der Waals surface area contributed by atoms with Gasteiger partial charge < -0.3 is 10.6 Å². The van der Waals surface area contributed by atoms with Crippen molar-refractivity contribution in [3.05, 3.63) is 11.9 Å². The van der Waals surface area contributed by atoms with Gasteiger partial charge in [-0.2, -0.15) is 5.10 Å². The summed E-state index contributed by atoms with van der Waals surface area (Å²) in [4.78, 5) is 13.9. The van der Waals surface area contributed by atoms with E-state index in [0.717, 1.165) is 25.9 Å². The molecule has 0 atom stereocenters. The third-order valence-corrected chi connectivity index (χ3v) is 2.87. The van der Waals surface area contributed by atoms with E-state index in [9.17, 15) is 4.79 Å². The second kappa shape index (κ2) is 2.50. The first-order valence-electron chi connectivity index (χ1n) is 4.89. The minimum Gasteiger partial charge on any atom is -0.396 e. The van der Waals surface area contributed by atoms with Gasteiger partial charge in [-0.1, -0.05) is 0 Å². The quantitative estimate of drug-likeness (QED) is 0.685. The molecule has 1 saturated carbocycles. The number of aromatic nitrogens is 2. The van der Waals surface area contributed by atoms with Gasteiger partial charge in [0.2, 0.25) is 0 Å². The highest BCUT2D eigenvalue weighted by Crippen LogP contribution is 2.30. The number of carbonyl (C=O) groups excluding carboxylic acids is 1. The maximum absolute atomic E-state index is 12.0. The molecule has 1 aromatic rings. The number of rotatable bonds is 1. The molecule has 1 aliphatic heterocycles. The summed E-state index contributed by atoms with van der Waals surface area (Å²) in [5.74, 6) is 0.0498. The Kier molecular flexibility index (Phi) is 1.40. The molecule has 5 heteroatoms. The van der Waals surface area contributed by atoms with E-state index in [1.54, 1.807) is 10.9 Å². The largest absolute Gasteiger partial charge is 0.396 e. The first kappa shape index (κ1) is 7.84. The minimum absolute atomic E-state index is 0.0498. The predicted octanol–water partition coefficient (Wildman–Crippen LogP) is 0.0835. The number of nitrogens with two attached hydrogens (primary N) is 1. The number of carbonyl (C=O) groups is 1. The molecule has 3 rings (SSSR count). The molecule has 1 aromatic heterocycles. The Bertz CT molecular complexity index is 394. The summed E-state index contributed by atoms with van der Waals surface area (Å²) in [6.07, 6.45) is 3.84. The lowest BCUT2D eigenvalue weighted by Gasteiger charge is -2.27. The Morgan fingerprint density at radius 3 is 2.93 bits per heavy atom. The van der Waals surface area contributed by atoms with E-state index in [2.05, 4.69) is 5.10 Å². The second-order valence-electron chi connectivity index (χ2n) is 3.90. The lowest BCUT2D eigenvalue weighted by Crippen LogP contribution is -2.42. The normalized spacial score (nSPS) is 21.1. The maximum atomic E-state index is 12.0. The van der Waals surface area contributed by atoms with Gasteiger partial charge in [-0.05, 0) is 12.8 Å². The van der Waals surface area contributed by atoms with E-state index in [4.69, 9.17) is 5.73 Å². The highest BCUT2D eigenvalue weighted by atomic mass is 16.2. The highest BCUT2D eigenvalue weighted by molar-refractivity contribution is 5.98. The Morgan fingerprint density at radius 2 is 2.21 bits per heavy atom. The van der Waals surface area contributed by atoms with Crippen molar-refractivity contribution in [2.45, 2.75) is 25.4 Å². The lowest BCUT2D eigenvalue weighted by atomic mass is 10.2. The number of anilines is 1. The third-order valence-electron chi connectivity index (χ3n) is 2.87. The van der Waals surface area contributed by atoms with Crippen LogP contribution < -0.4 is 5.73 Å². The standard InChI is InChI=1S/C9H12N4O/c10-7-5-11-13-4-3-12(6-1-2-6)9(14)8(7)13/h5-6H,1-4,10H2. The number of amides is 1. The summed E-state index contributed by atoms with van der Waals surface area (Å²) in [7, 11) is 0. The molecular weight excluding hydrogens is 180 g/mol. The van der Waals surface area contributed by atoms with Crippen molar-refractivity contribution in [1.29, 1.82) is 0 Å². The van der Waals surface area contributed by atoms with Crippen molar-refractivity contribution >= 4 is 11.6 Å². The van der Waals surface area contributed by atoms with Gasteiger partial charge in [0.25, 0.3) is 5.91 Å². The summed E-state index contributed by atoms with van der Waals surface area (Å²) < 4.78 is 1.70. The van der Waals surface area contributed by atoms with E-state index in [1.807, 2.05) is 4.90 Å². The Hall–Kier alpha value is -1.52. The van der Waals surface area contributed by atoms with Crippen molar-refractivity contribution in [3.63, 3.8) is 0 Å². The maximum Gasteiger partial charge on any atom is 0.274 e. The van der Waals surface area contributed by atoms with Crippen LogP contribution in [0.1, 0.15) is 23.3 Å². The summed E-state index contributed by atoms with van der Waals surface area (Å²) in [5.41, 5.74) is 6.78. The molecule has 0 unspecified atom stereocenters. The van der Waals surface area contributed by atoms with Gasteiger partial charge in [0.15, 0.2) is 0 Å². The molecule has 74 valence electrons. The fourth-order valence-corrected chi connectivity index (χ4v) is 1.98. The zero-order valence-corrected chi connectivity index (χ0v) is 7.81. The summed E-state index contributed by atoms with van der Waals surface area (Å²) in [5, 5.41) is 4.07. The Morgan fingerprint density at radius 1 is 1.43 bits per heavy atom. The van der Waals surface area contributed by atoms with Crippen LogP contribution in [0.25, 0.3) is 0 Å². The van der Waals surface area contributed by atoms with Crippen LogP contribution in [0.2, 0.25) is 0 Å². The zero-order chi connectivity index (χ0) is 9.71. The molecule has 1 amide bonds. The minimum atomic E-state index is 0.0498. The number of fused-ring (bicyclic) bond motifs is 1. The summed E-state index contributed by atoms with van der Waals surface area (Å²) in [6, 6.07) is 0.463. The van der Waals surface area contributed by atoms with Crippen molar-refractivity contribution < 1.29 is 4.79 Å². The Labute approximate surface area is 81.5 Å². The van der Waals surface area contributed by atoms with Gasteiger partial charge in [-0.25, -0.2) is 0 Å². The van der Waals surface area contributed by atoms with Crippen LogP contribution in [-0.2, 0) is 6.54 Å². The molecule has 0 aromatic carbocycles. The first-order chi connectivity index (χ1) is 6.77. The lowest BCUT2D eigenvalue weighted by molar-refractivity contribution is 0.0685.